The van der Waals surface area contributed by atoms with E-state index in [1.54, 1.807) is 0 Å². The van der Waals surface area contributed by atoms with E-state index in [0.717, 1.165) is 6.42 Å². The Morgan fingerprint density at radius 1 is 1.31 bits per heavy atom. The second-order valence-corrected chi connectivity index (χ2v) is 4.20. The molecule has 0 aromatic rings. The van der Waals surface area contributed by atoms with Gasteiger partial charge < -0.3 is 4.74 Å². The Morgan fingerprint density at radius 2 is 2.00 bits per heavy atom. The Bertz CT molecular complexity index is 116. The van der Waals surface area contributed by atoms with E-state index >= 15 is 0 Å². The predicted molar refractivity (Wildman–Crippen MR) is 56.6 cm³/mol. The van der Waals surface area contributed by atoms with Crippen molar-refractivity contribution in [2.24, 2.45) is 0 Å². The van der Waals surface area contributed by atoms with E-state index < -0.39 is 0 Å². The van der Waals surface area contributed by atoms with Crippen molar-refractivity contribution in [2.75, 3.05) is 0 Å². The van der Waals surface area contributed by atoms with Gasteiger partial charge in [-0.15, -0.1) is 0 Å². The molecule has 77 valence electrons. The van der Waals surface area contributed by atoms with Gasteiger partial charge in [0.25, 0.3) is 0 Å². The topological polar surface area (TPSA) is 9.23 Å². The van der Waals surface area contributed by atoms with E-state index in [1.165, 1.54) is 44.9 Å². The zero-order valence-electron chi connectivity index (χ0n) is 8.93. The molecule has 1 unspecified atom stereocenters. The summed E-state index contributed by atoms with van der Waals surface area (Å²) in [4.78, 5) is 0. The SMILES string of the molecule is [CH2]CCCC(C)OC1CCCCC1. The van der Waals surface area contributed by atoms with Crippen molar-refractivity contribution in [2.45, 2.75) is 70.5 Å². The van der Waals surface area contributed by atoms with Crippen molar-refractivity contribution >= 4 is 0 Å². The first-order valence-corrected chi connectivity index (χ1v) is 5.77. The summed E-state index contributed by atoms with van der Waals surface area (Å²) in [5.74, 6) is 0. The van der Waals surface area contributed by atoms with Gasteiger partial charge in [-0.2, -0.15) is 0 Å². The summed E-state index contributed by atoms with van der Waals surface area (Å²) >= 11 is 0. The summed E-state index contributed by atoms with van der Waals surface area (Å²) in [6.45, 7) is 6.05. The van der Waals surface area contributed by atoms with Crippen LogP contribution in [-0.2, 0) is 4.74 Å². The Balaban J connectivity index is 2.07. The van der Waals surface area contributed by atoms with Gasteiger partial charge in [-0.3, -0.25) is 0 Å². The molecule has 0 aromatic heterocycles. The van der Waals surface area contributed by atoms with Crippen LogP contribution in [-0.4, -0.2) is 12.2 Å². The van der Waals surface area contributed by atoms with Crippen molar-refractivity contribution in [1.29, 1.82) is 0 Å². The molecule has 1 aliphatic rings. The van der Waals surface area contributed by atoms with Gasteiger partial charge in [-0.25, -0.2) is 0 Å². The molecule has 1 atom stereocenters. The normalized spacial score (nSPS) is 21.7. The van der Waals surface area contributed by atoms with Crippen LogP contribution in [0.4, 0.5) is 0 Å². The largest absolute Gasteiger partial charge is 0.375 e. The van der Waals surface area contributed by atoms with Crippen LogP contribution < -0.4 is 0 Å². The lowest BCUT2D eigenvalue weighted by molar-refractivity contribution is -0.0248. The average molecular weight is 183 g/mol. The van der Waals surface area contributed by atoms with Crippen LogP contribution in [0.5, 0.6) is 0 Å². The molecule has 1 saturated carbocycles. The van der Waals surface area contributed by atoms with E-state index in [4.69, 9.17) is 4.74 Å². The molecule has 0 saturated heterocycles. The van der Waals surface area contributed by atoms with Gasteiger partial charge in [0.05, 0.1) is 12.2 Å². The van der Waals surface area contributed by atoms with E-state index in [1.807, 2.05) is 0 Å². The van der Waals surface area contributed by atoms with E-state index in [-0.39, 0.29) is 0 Å². The van der Waals surface area contributed by atoms with Crippen molar-refractivity contribution < 1.29 is 4.74 Å². The number of unbranched alkanes of at least 4 members (excludes halogenated alkanes) is 1. The Kier molecular flexibility index (Phi) is 5.45. The molecule has 1 heteroatoms. The first-order chi connectivity index (χ1) is 6.33. The molecule has 1 radical (unpaired) electrons. The number of hydrogen-bond acceptors (Lipinski definition) is 1. The van der Waals surface area contributed by atoms with Crippen LogP contribution in [0.15, 0.2) is 0 Å². The highest BCUT2D eigenvalue weighted by Crippen LogP contribution is 2.22. The van der Waals surface area contributed by atoms with Crippen molar-refractivity contribution in [3.8, 4) is 0 Å². The molecule has 0 aliphatic heterocycles. The van der Waals surface area contributed by atoms with Gasteiger partial charge in [0, 0.05) is 0 Å². The van der Waals surface area contributed by atoms with Crippen LogP contribution in [0.2, 0.25) is 0 Å². The molecule has 0 heterocycles. The lowest BCUT2D eigenvalue weighted by Crippen LogP contribution is -2.22. The standard InChI is InChI=1S/C12H23O/c1-3-4-8-11(2)13-12-9-6-5-7-10-12/h11-12H,1,3-10H2,2H3. The van der Waals surface area contributed by atoms with Crippen LogP contribution in [0, 0.1) is 6.92 Å². The maximum atomic E-state index is 5.97. The summed E-state index contributed by atoms with van der Waals surface area (Å²) in [5, 5.41) is 0. The molecule has 1 aliphatic carbocycles. The first kappa shape index (κ1) is 11.0. The third-order valence-corrected chi connectivity index (χ3v) is 2.84. The monoisotopic (exact) mass is 183 g/mol. The van der Waals surface area contributed by atoms with Gasteiger partial charge in [0.2, 0.25) is 0 Å². The van der Waals surface area contributed by atoms with Gasteiger partial charge in [-0.1, -0.05) is 39.0 Å². The maximum Gasteiger partial charge on any atom is 0.0578 e. The maximum absolute atomic E-state index is 5.97. The minimum Gasteiger partial charge on any atom is -0.375 e. The fourth-order valence-corrected chi connectivity index (χ4v) is 2.03. The zero-order valence-corrected chi connectivity index (χ0v) is 8.93. The third-order valence-electron chi connectivity index (χ3n) is 2.84. The first-order valence-electron chi connectivity index (χ1n) is 5.77. The molecule has 13 heavy (non-hydrogen) atoms. The lowest BCUT2D eigenvalue weighted by Gasteiger charge is -2.25. The summed E-state index contributed by atoms with van der Waals surface area (Å²) in [7, 11) is 0. The quantitative estimate of drug-likeness (QED) is 0.631. The van der Waals surface area contributed by atoms with Gasteiger partial charge in [-0.05, 0) is 26.2 Å². The molecule has 0 spiro atoms. The van der Waals surface area contributed by atoms with E-state index in [9.17, 15) is 0 Å². The smallest absolute Gasteiger partial charge is 0.0578 e. The third kappa shape index (κ3) is 4.66. The molecule has 1 nitrogen and oxygen atoms in total. The number of hydrogen-bond donors (Lipinski definition) is 0. The zero-order chi connectivity index (χ0) is 9.52. The molecular weight excluding hydrogens is 160 g/mol. The lowest BCUT2D eigenvalue weighted by atomic mass is 9.97. The fourth-order valence-electron chi connectivity index (χ4n) is 2.03. The van der Waals surface area contributed by atoms with Crippen molar-refractivity contribution in [3.05, 3.63) is 6.92 Å². The Hall–Kier alpha value is -0.0400. The van der Waals surface area contributed by atoms with E-state index in [0.29, 0.717) is 12.2 Å². The minimum absolute atomic E-state index is 0.449. The van der Waals surface area contributed by atoms with Crippen LogP contribution in [0.25, 0.3) is 0 Å². The summed E-state index contributed by atoms with van der Waals surface area (Å²) in [6, 6.07) is 0. The van der Waals surface area contributed by atoms with Crippen molar-refractivity contribution in [1.82, 2.24) is 0 Å². The molecule has 1 rings (SSSR count). The van der Waals surface area contributed by atoms with Crippen LogP contribution in [0.3, 0.4) is 0 Å². The van der Waals surface area contributed by atoms with Gasteiger partial charge >= 0.3 is 0 Å². The molecule has 0 amide bonds. The minimum atomic E-state index is 0.449. The second-order valence-electron chi connectivity index (χ2n) is 4.20. The second kappa shape index (κ2) is 6.42. The molecule has 1 fully saturated rings. The molecular formula is C12H23O. The number of ether oxygens (including phenoxy) is 1. The highest BCUT2D eigenvalue weighted by atomic mass is 16.5. The molecule has 0 aromatic carbocycles. The highest BCUT2D eigenvalue weighted by Gasteiger charge is 2.15. The summed E-state index contributed by atoms with van der Waals surface area (Å²) in [6.07, 6.45) is 11.2. The molecule has 0 bridgehead atoms. The van der Waals surface area contributed by atoms with Crippen molar-refractivity contribution in [3.63, 3.8) is 0 Å². The van der Waals surface area contributed by atoms with Crippen LogP contribution >= 0.6 is 0 Å². The Labute approximate surface area is 82.9 Å². The van der Waals surface area contributed by atoms with Gasteiger partial charge in [0.1, 0.15) is 0 Å². The van der Waals surface area contributed by atoms with Gasteiger partial charge in [0.15, 0.2) is 0 Å². The summed E-state index contributed by atoms with van der Waals surface area (Å²) < 4.78 is 5.97. The summed E-state index contributed by atoms with van der Waals surface area (Å²) in [5.41, 5.74) is 0. The molecule has 0 N–H and O–H groups in total. The number of rotatable bonds is 5. The Morgan fingerprint density at radius 3 is 2.62 bits per heavy atom. The average Bonchev–Trinajstić information content (AvgIpc) is 2.16. The highest BCUT2D eigenvalue weighted by molar-refractivity contribution is 4.67. The van der Waals surface area contributed by atoms with E-state index in [2.05, 4.69) is 13.8 Å². The predicted octanol–water partition coefficient (Wildman–Crippen LogP) is 3.73. The fraction of sp³-hybridized carbons (Fsp3) is 0.917. The van der Waals surface area contributed by atoms with Crippen LogP contribution in [0.1, 0.15) is 58.3 Å².